The first-order valence-corrected chi connectivity index (χ1v) is 4.42. The van der Waals surface area contributed by atoms with E-state index in [4.69, 9.17) is 5.73 Å². The molecule has 2 rings (SSSR count). The molecule has 5 nitrogen and oxygen atoms in total. The second-order valence-electron chi connectivity index (χ2n) is 2.98. The molecule has 1 aromatic carbocycles. The largest absolute Gasteiger partial charge is 0.365 e. The van der Waals surface area contributed by atoms with Gasteiger partial charge in [0.05, 0.1) is 6.54 Å². The second kappa shape index (κ2) is 3.87. The molecule has 0 atom stereocenters. The van der Waals surface area contributed by atoms with Crippen LogP contribution >= 0.6 is 0 Å². The van der Waals surface area contributed by atoms with Crippen molar-refractivity contribution in [3.05, 3.63) is 35.9 Å². The molecule has 0 aliphatic carbocycles. The minimum absolute atomic E-state index is 0.220. The van der Waals surface area contributed by atoms with Crippen molar-refractivity contribution < 1.29 is 0 Å². The van der Waals surface area contributed by atoms with E-state index in [1.54, 1.807) is 0 Å². The Kier molecular flexibility index (Phi) is 2.40. The van der Waals surface area contributed by atoms with Crippen LogP contribution in [0.4, 0.5) is 5.95 Å². The van der Waals surface area contributed by atoms with Gasteiger partial charge in [0.1, 0.15) is 0 Å². The maximum Gasteiger partial charge on any atom is 0.260 e. The molecule has 0 saturated heterocycles. The number of anilines is 1. The molecule has 5 heteroatoms. The predicted molar refractivity (Wildman–Crippen MR) is 52.4 cm³/mol. The third-order valence-electron chi connectivity index (χ3n) is 1.91. The molecule has 14 heavy (non-hydrogen) atoms. The van der Waals surface area contributed by atoms with E-state index in [1.165, 1.54) is 10.4 Å². The number of rotatable bonds is 3. The van der Waals surface area contributed by atoms with E-state index in [9.17, 15) is 0 Å². The summed E-state index contributed by atoms with van der Waals surface area (Å²) in [6.07, 6.45) is 0.886. The normalized spacial score (nSPS) is 10.3. The number of benzene rings is 1. The lowest BCUT2D eigenvalue weighted by atomic mass is 10.2. The maximum atomic E-state index is 5.34. The maximum absolute atomic E-state index is 5.34. The Morgan fingerprint density at radius 2 is 2.00 bits per heavy atom. The van der Waals surface area contributed by atoms with Crippen LogP contribution in [0.3, 0.4) is 0 Å². The van der Waals surface area contributed by atoms with Gasteiger partial charge in [-0.1, -0.05) is 35.4 Å². The van der Waals surface area contributed by atoms with E-state index in [2.05, 4.69) is 27.5 Å². The van der Waals surface area contributed by atoms with Crippen LogP contribution in [-0.2, 0) is 13.0 Å². The van der Waals surface area contributed by atoms with E-state index in [0.717, 1.165) is 6.42 Å². The standard InChI is InChI=1S/C9H11N5/c10-9-11-13-14(12-9)7-6-8-4-2-1-3-5-8/h1-5H,6-7H2,(H2,10,12). The topological polar surface area (TPSA) is 69.6 Å². The zero-order valence-corrected chi connectivity index (χ0v) is 7.67. The van der Waals surface area contributed by atoms with Gasteiger partial charge in [-0.25, -0.2) is 0 Å². The van der Waals surface area contributed by atoms with Gasteiger partial charge in [-0.05, 0) is 17.2 Å². The van der Waals surface area contributed by atoms with Crippen molar-refractivity contribution in [2.75, 3.05) is 5.73 Å². The summed E-state index contributed by atoms with van der Waals surface area (Å²) in [5, 5.41) is 11.3. The molecular formula is C9H11N5. The van der Waals surface area contributed by atoms with E-state index in [-0.39, 0.29) is 5.95 Å². The minimum atomic E-state index is 0.220. The monoisotopic (exact) mass is 189 g/mol. The van der Waals surface area contributed by atoms with Crippen molar-refractivity contribution in [1.82, 2.24) is 20.2 Å². The van der Waals surface area contributed by atoms with Gasteiger partial charge in [-0.3, -0.25) is 0 Å². The molecule has 2 aromatic rings. The first-order valence-electron chi connectivity index (χ1n) is 4.42. The lowest BCUT2D eigenvalue weighted by molar-refractivity contribution is 0.523. The van der Waals surface area contributed by atoms with Crippen LogP contribution < -0.4 is 5.73 Å². The molecule has 0 spiro atoms. The second-order valence-corrected chi connectivity index (χ2v) is 2.98. The Balaban J connectivity index is 1.95. The highest BCUT2D eigenvalue weighted by Crippen LogP contribution is 2.00. The molecule has 72 valence electrons. The fourth-order valence-corrected chi connectivity index (χ4v) is 1.22. The number of nitrogens with two attached hydrogens (primary N) is 1. The third-order valence-corrected chi connectivity index (χ3v) is 1.91. The SMILES string of the molecule is Nc1nnn(CCc2ccccc2)n1. The highest BCUT2D eigenvalue weighted by atomic mass is 15.6. The smallest absolute Gasteiger partial charge is 0.260 e. The first-order chi connectivity index (χ1) is 6.84. The number of hydrogen-bond donors (Lipinski definition) is 1. The molecule has 0 aliphatic rings. The summed E-state index contributed by atoms with van der Waals surface area (Å²) in [6.45, 7) is 0.703. The van der Waals surface area contributed by atoms with Crippen molar-refractivity contribution in [2.24, 2.45) is 0 Å². The van der Waals surface area contributed by atoms with Crippen LogP contribution in [0.1, 0.15) is 5.56 Å². The number of aromatic nitrogens is 4. The first kappa shape index (κ1) is 8.68. The Bertz CT molecular complexity index is 395. The van der Waals surface area contributed by atoms with Crippen LogP contribution in [0.2, 0.25) is 0 Å². The van der Waals surface area contributed by atoms with Gasteiger partial charge >= 0.3 is 0 Å². The van der Waals surface area contributed by atoms with Gasteiger partial charge in [0.2, 0.25) is 0 Å². The van der Waals surface area contributed by atoms with Crippen LogP contribution in [0.25, 0.3) is 0 Å². The summed E-state index contributed by atoms with van der Waals surface area (Å²) in [5.74, 6) is 0.220. The summed E-state index contributed by atoms with van der Waals surface area (Å²) in [4.78, 5) is 1.50. The Labute approximate surface area is 81.5 Å². The van der Waals surface area contributed by atoms with Gasteiger partial charge in [0.15, 0.2) is 0 Å². The Morgan fingerprint density at radius 3 is 2.64 bits per heavy atom. The molecule has 2 N–H and O–H groups in total. The van der Waals surface area contributed by atoms with Gasteiger partial charge in [0, 0.05) is 0 Å². The Hall–Kier alpha value is -1.91. The van der Waals surface area contributed by atoms with Crippen molar-refractivity contribution in [1.29, 1.82) is 0 Å². The van der Waals surface area contributed by atoms with E-state index in [1.807, 2.05) is 18.2 Å². The number of nitrogen functional groups attached to an aromatic ring is 1. The van der Waals surface area contributed by atoms with Gasteiger partial charge < -0.3 is 5.73 Å². The molecule has 0 radical (unpaired) electrons. The van der Waals surface area contributed by atoms with E-state index in [0.29, 0.717) is 6.54 Å². The summed E-state index contributed by atoms with van der Waals surface area (Å²) in [6, 6.07) is 10.2. The predicted octanol–water partition coefficient (Wildman–Crippen LogP) is 0.498. The lowest BCUT2D eigenvalue weighted by Crippen LogP contribution is -2.05. The molecule has 0 saturated carbocycles. The van der Waals surface area contributed by atoms with Crippen molar-refractivity contribution in [2.45, 2.75) is 13.0 Å². The number of tetrazole rings is 1. The Morgan fingerprint density at radius 1 is 1.21 bits per heavy atom. The quantitative estimate of drug-likeness (QED) is 0.763. The fourth-order valence-electron chi connectivity index (χ4n) is 1.22. The van der Waals surface area contributed by atoms with Crippen LogP contribution in [0.15, 0.2) is 30.3 Å². The molecular weight excluding hydrogens is 178 g/mol. The summed E-state index contributed by atoms with van der Waals surface area (Å²) in [7, 11) is 0. The van der Waals surface area contributed by atoms with Crippen molar-refractivity contribution >= 4 is 5.95 Å². The van der Waals surface area contributed by atoms with Crippen LogP contribution in [-0.4, -0.2) is 20.2 Å². The number of hydrogen-bond acceptors (Lipinski definition) is 4. The summed E-state index contributed by atoms with van der Waals surface area (Å²) >= 11 is 0. The third kappa shape index (κ3) is 2.07. The molecule has 0 bridgehead atoms. The average molecular weight is 189 g/mol. The van der Waals surface area contributed by atoms with Gasteiger partial charge in [-0.15, -0.1) is 5.10 Å². The minimum Gasteiger partial charge on any atom is -0.365 e. The van der Waals surface area contributed by atoms with Crippen molar-refractivity contribution in [3.8, 4) is 0 Å². The van der Waals surface area contributed by atoms with Gasteiger partial charge in [-0.2, -0.15) is 4.80 Å². The summed E-state index contributed by atoms with van der Waals surface area (Å²) < 4.78 is 0. The van der Waals surface area contributed by atoms with Crippen LogP contribution in [0.5, 0.6) is 0 Å². The van der Waals surface area contributed by atoms with Gasteiger partial charge in [0.25, 0.3) is 5.95 Å². The average Bonchev–Trinajstić information content (AvgIpc) is 2.63. The van der Waals surface area contributed by atoms with E-state index < -0.39 is 0 Å². The molecule has 0 unspecified atom stereocenters. The molecule has 1 aromatic heterocycles. The number of aryl methyl sites for hydroxylation is 2. The zero-order chi connectivity index (χ0) is 9.80. The zero-order valence-electron chi connectivity index (χ0n) is 7.67. The molecule has 0 fully saturated rings. The lowest BCUT2D eigenvalue weighted by Gasteiger charge is -1.98. The number of nitrogens with zero attached hydrogens (tertiary/aromatic N) is 4. The highest BCUT2D eigenvalue weighted by Gasteiger charge is 1.97. The summed E-state index contributed by atoms with van der Waals surface area (Å²) in [5.41, 5.74) is 6.60. The highest BCUT2D eigenvalue weighted by molar-refractivity contribution is 5.14. The molecule has 1 heterocycles. The van der Waals surface area contributed by atoms with E-state index >= 15 is 0 Å². The van der Waals surface area contributed by atoms with Crippen LogP contribution in [0, 0.1) is 0 Å². The van der Waals surface area contributed by atoms with Crippen molar-refractivity contribution in [3.63, 3.8) is 0 Å². The fraction of sp³-hybridized carbons (Fsp3) is 0.222. The molecule has 0 amide bonds. The molecule has 0 aliphatic heterocycles.